The number of fused-ring (bicyclic) bond motifs is 1. The highest BCUT2D eigenvalue weighted by Gasteiger charge is 2.04. The van der Waals surface area contributed by atoms with E-state index in [1.807, 2.05) is 24.3 Å². The number of para-hydroxylation sites is 1. The van der Waals surface area contributed by atoms with E-state index in [2.05, 4.69) is 22.9 Å². The van der Waals surface area contributed by atoms with Gasteiger partial charge in [-0.15, -0.1) is 0 Å². The number of amides is 1. The van der Waals surface area contributed by atoms with E-state index in [4.69, 9.17) is 0 Å². The lowest BCUT2D eigenvalue weighted by atomic mass is 10.2. The molecule has 72 valence electrons. The van der Waals surface area contributed by atoms with Crippen LogP contribution in [-0.4, -0.2) is 16.6 Å². The Kier molecular flexibility index (Phi) is 2.45. The van der Waals surface area contributed by atoms with Crippen molar-refractivity contribution < 1.29 is 4.79 Å². The number of rotatable bonds is 2. The quantitative estimate of drug-likeness (QED) is 0.647. The van der Waals surface area contributed by atoms with E-state index in [0.29, 0.717) is 0 Å². The number of benzene rings is 1. The van der Waals surface area contributed by atoms with E-state index in [0.717, 1.165) is 16.6 Å². The molecule has 0 spiro atoms. The van der Waals surface area contributed by atoms with Crippen LogP contribution in [-0.2, 0) is 4.79 Å². The van der Waals surface area contributed by atoms with Crippen LogP contribution in [0.4, 0.5) is 5.69 Å². The molecule has 0 aliphatic rings. The molecule has 0 bridgehead atoms. The van der Waals surface area contributed by atoms with Crippen LogP contribution in [0.1, 0.15) is 0 Å². The third-order valence-corrected chi connectivity index (χ3v) is 2.29. The summed E-state index contributed by atoms with van der Waals surface area (Å²) in [4.78, 5) is 14.2. The van der Waals surface area contributed by atoms with Crippen molar-refractivity contribution >= 4 is 35.1 Å². The van der Waals surface area contributed by atoms with Crippen molar-refractivity contribution in [2.45, 2.75) is 0 Å². The molecular weight excluding hydrogens is 196 g/mol. The topological polar surface area (TPSA) is 44.9 Å². The van der Waals surface area contributed by atoms with Gasteiger partial charge in [0, 0.05) is 17.1 Å². The molecule has 0 unspecified atom stereocenters. The summed E-state index contributed by atoms with van der Waals surface area (Å²) in [5, 5.41) is 3.78. The number of anilines is 1. The Bertz CT molecular complexity index is 464. The molecule has 14 heavy (non-hydrogen) atoms. The maximum Gasteiger partial charge on any atom is 0.234 e. The van der Waals surface area contributed by atoms with E-state index in [1.165, 1.54) is 0 Å². The van der Waals surface area contributed by atoms with Gasteiger partial charge in [0.1, 0.15) is 0 Å². The average molecular weight is 206 g/mol. The first-order valence-corrected chi connectivity index (χ1v) is 4.91. The van der Waals surface area contributed by atoms with Gasteiger partial charge in [-0.2, -0.15) is 12.6 Å². The van der Waals surface area contributed by atoms with Crippen molar-refractivity contribution in [3.8, 4) is 0 Å². The molecule has 1 heterocycles. The van der Waals surface area contributed by atoms with Gasteiger partial charge in [0.25, 0.3) is 0 Å². The molecule has 1 amide bonds. The number of H-pyrrole nitrogens is 1. The highest BCUT2D eigenvalue weighted by atomic mass is 32.1. The van der Waals surface area contributed by atoms with Crippen LogP contribution in [0.3, 0.4) is 0 Å². The molecule has 0 saturated carbocycles. The van der Waals surface area contributed by atoms with E-state index in [-0.39, 0.29) is 11.7 Å². The average Bonchev–Trinajstić information content (AvgIpc) is 2.62. The molecule has 2 N–H and O–H groups in total. The van der Waals surface area contributed by atoms with Crippen molar-refractivity contribution in [3.63, 3.8) is 0 Å². The number of aromatic nitrogens is 1. The Morgan fingerprint density at radius 3 is 3.00 bits per heavy atom. The van der Waals surface area contributed by atoms with Gasteiger partial charge in [-0.25, -0.2) is 0 Å². The zero-order valence-corrected chi connectivity index (χ0v) is 8.34. The monoisotopic (exact) mass is 206 g/mol. The fourth-order valence-electron chi connectivity index (χ4n) is 1.36. The lowest BCUT2D eigenvalue weighted by Crippen LogP contribution is -2.11. The molecule has 0 saturated heterocycles. The molecule has 2 rings (SSSR count). The van der Waals surface area contributed by atoms with Gasteiger partial charge < -0.3 is 10.3 Å². The van der Waals surface area contributed by atoms with Gasteiger partial charge in [-0.1, -0.05) is 18.2 Å². The van der Waals surface area contributed by atoms with Crippen LogP contribution in [0.2, 0.25) is 0 Å². The summed E-state index contributed by atoms with van der Waals surface area (Å²) in [6.45, 7) is 0. The molecule has 0 atom stereocenters. The molecule has 1 aromatic carbocycles. The van der Waals surface area contributed by atoms with Gasteiger partial charge in [0.2, 0.25) is 5.91 Å². The standard InChI is InChI=1S/C10H10N2OS/c13-10(6-14)12-9-5-11-8-4-2-1-3-7(8)9/h1-5,11,14H,6H2,(H,12,13). The van der Waals surface area contributed by atoms with Crippen molar-refractivity contribution in [1.29, 1.82) is 0 Å². The van der Waals surface area contributed by atoms with Gasteiger partial charge in [0.15, 0.2) is 0 Å². The lowest BCUT2D eigenvalue weighted by molar-refractivity contribution is -0.113. The Hall–Kier alpha value is -1.42. The van der Waals surface area contributed by atoms with Crippen LogP contribution >= 0.6 is 12.6 Å². The second-order valence-corrected chi connectivity index (χ2v) is 3.27. The van der Waals surface area contributed by atoms with E-state index in [1.54, 1.807) is 6.20 Å². The maximum atomic E-state index is 11.1. The second kappa shape index (κ2) is 3.75. The normalized spacial score (nSPS) is 10.4. The summed E-state index contributed by atoms with van der Waals surface area (Å²) in [5.41, 5.74) is 1.82. The summed E-state index contributed by atoms with van der Waals surface area (Å²) in [6, 6.07) is 7.81. The van der Waals surface area contributed by atoms with E-state index < -0.39 is 0 Å². The number of thiol groups is 1. The third-order valence-electron chi connectivity index (χ3n) is 2.01. The molecule has 0 radical (unpaired) electrons. The minimum Gasteiger partial charge on any atom is -0.359 e. The SMILES string of the molecule is O=C(CS)Nc1c[nH]c2ccccc12. The molecule has 0 aliphatic heterocycles. The lowest BCUT2D eigenvalue weighted by Gasteiger charge is -1.99. The predicted octanol–water partition coefficient (Wildman–Crippen LogP) is 2.04. The number of nitrogens with one attached hydrogen (secondary N) is 2. The fraction of sp³-hybridized carbons (Fsp3) is 0.100. The van der Waals surface area contributed by atoms with Gasteiger partial charge in [0.05, 0.1) is 11.4 Å². The van der Waals surface area contributed by atoms with Crippen LogP contribution in [0.5, 0.6) is 0 Å². The number of hydrogen-bond acceptors (Lipinski definition) is 2. The summed E-state index contributed by atoms with van der Waals surface area (Å²) >= 11 is 3.90. The van der Waals surface area contributed by atoms with Gasteiger partial charge >= 0.3 is 0 Å². The first-order chi connectivity index (χ1) is 6.81. The number of carbonyl (C=O) groups is 1. The van der Waals surface area contributed by atoms with E-state index in [9.17, 15) is 4.79 Å². The zero-order valence-electron chi connectivity index (χ0n) is 7.45. The Morgan fingerprint density at radius 1 is 1.43 bits per heavy atom. The second-order valence-electron chi connectivity index (χ2n) is 2.95. The molecule has 0 aliphatic carbocycles. The number of carbonyl (C=O) groups excluding carboxylic acids is 1. The number of aromatic amines is 1. The molecule has 4 heteroatoms. The van der Waals surface area contributed by atoms with Gasteiger partial charge in [-0.3, -0.25) is 4.79 Å². The largest absolute Gasteiger partial charge is 0.359 e. The predicted molar refractivity (Wildman–Crippen MR) is 60.8 cm³/mol. The highest BCUT2D eigenvalue weighted by molar-refractivity contribution is 7.81. The summed E-state index contributed by atoms with van der Waals surface area (Å²) < 4.78 is 0. The van der Waals surface area contributed by atoms with Crippen molar-refractivity contribution in [1.82, 2.24) is 4.98 Å². The van der Waals surface area contributed by atoms with Gasteiger partial charge in [-0.05, 0) is 6.07 Å². The Labute approximate surface area is 86.9 Å². The molecule has 0 fully saturated rings. The van der Waals surface area contributed by atoms with Crippen LogP contribution in [0, 0.1) is 0 Å². The first-order valence-electron chi connectivity index (χ1n) is 4.28. The highest BCUT2D eigenvalue weighted by Crippen LogP contribution is 2.22. The maximum absolute atomic E-state index is 11.1. The van der Waals surface area contributed by atoms with Crippen molar-refractivity contribution in [2.75, 3.05) is 11.1 Å². The van der Waals surface area contributed by atoms with Crippen LogP contribution < -0.4 is 5.32 Å². The minimum atomic E-state index is -0.0990. The summed E-state index contributed by atoms with van der Waals surface area (Å²) in [5.74, 6) is 0.0950. The third kappa shape index (κ3) is 1.61. The zero-order chi connectivity index (χ0) is 9.97. The minimum absolute atomic E-state index is 0.0990. The van der Waals surface area contributed by atoms with E-state index >= 15 is 0 Å². The van der Waals surface area contributed by atoms with Crippen molar-refractivity contribution in [3.05, 3.63) is 30.5 Å². The Morgan fingerprint density at radius 2 is 2.21 bits per heavy atom. The molecular formula is C10H10N2OS. The molecule has 3 nitrogen and oxygen atoms in total. The Balaban J connectivity index is 2.38. The summed E-state index contributed by atoms with van der Waals surface area (Å²) in [6.07, 6.45) is 1.78. The van der Waals surface area contributed by atoms with Crippen LogP contribution in [0.25, 0.3) is 10.9 Å². The van der Waals surface area contributed by atoms with Crippen LogP contribution in [0.15, 0.2) is 30.5 Å². The number of hydrogen-bond donors (Lipinski definition) is 3. The molecule has 2 aromatic rings. The van der Waals surface area contributed by atoms with Crippen molar-refractivity contribution in [2.24, 2.45) is 0 Å². The summed E-state index contributed by atoms with van der Waals surface area (Å²) in [7, 11) is 0. The fourth-order valence-corrected chi connectivity index (χ4v) is 1.44. The first kappa shape index (κ1) is 9.15. The smallest absolute Gasteiger partial charge is 0.234 e. The molecule has 1 aromatic heterocycles.